The third-order valence-electron chi connectivity index (χ3n) is 2.48. The highest BCUT2D eigenvalue weighted by molar-refractivity contribution is 7.90. The molecular formula is C12H15N3O3S. The Morgan fingerprint density at radius 2 is 2.21 bits per heavy atom. The summed E-state index contributed by atoms with van der Waals surface area (Å²) in [6.45, 7) is 0.925. The fourth-order valence-electron chi connectivity index (χ4n) is 1.55. The van der Waals surface area contributed by atoms with Crippen LogP contribution in [0, 0.1) is 0 Å². The number of nitrogens with two attached hydrogens (primary N) is 1. The molecule has 0 unspecified atom stereocenters. The van der Waals surface area contributed by atoms with Gasteiger partial charge in [0.05, 0.1) is 23.3 Å². The normalized spacial score (nSPS) is 11.4. The molecular weight excluding hydrogens is 266 g/mol. The number of ether oxygens (including phenoxy) is 1. The Kier molecular flexibility index (Phi) is 3.75. The van der Waals surface area contributed by atoms with Gasteiger partial charge >= 0.3 is 0 Å². The smallest absolute Gasteiger partial charge is 0.175 e. The molecule has 7 heteroatoms. The lowest BCUT2D eigenvalue weighted by molar-refractivity contribution is 0.290. The van der Waals surface area contributed by atoms with E-state index in [1.165, 1.54) is 18.4 Å². The van der Waals surface area contributed by atoms with Crippen LogP contribution in [0.2, 0.25) is 0 Å². The minimum absolute atomic E-state index is 0.244. The van der Waals surface area contributed by atoms with Crippen molar-refractivity contribution in [2.45, 2.75) is 11.4 Å². The number of aromatic nitrogens is 2. The molecule has 0 aliphatic heterocycles. The van der Waals surface area contributed by atoms with Gasteiger partial charge in [0, 0.05) is 12.5 Å². The monoisotopic (exact) mass is 281 g/mol. The third-order valence-corrected chi connectivity index (χ3v) is 3.59. The highest BCUT2D eigenvalue weighted by Crippen LogP contribution is 2.17. The van der Waals surface area contributed by atoms with Gasteiger partial charge in [0.15, 0.2) is 9.84 Å². The largest absolute Gasteiger partial charge is 0.492 e. The average molecular weight is 281 g/mol. The van der Waals surface area contributed by atoms with Crippen molar-refractivity contribution in [3.63, 3.8) is 0 Å². The van der Waals surface area contributed by atoms with Gasteiger partial charge in [-0.2, -0.15) is 5.10 Å². The summed E-state index contributed by atoms with van der Waals surface area (Å²) in [4.78, 5) is 0.244. The maximum Gasteiger partial charge on any atom is 0.175 e. The molecule has 19 heavy (non-hydrogen) atoms. The van der Waals surface area contributed by atoms with E-state index in [-0.39, 0.29) is 4.90 Å². The molecule has 1 heterocycles. The second kappa shape index (κ2) is 5.31. The lowest BCUT2D eigenvalue weighted by Gasteiger charge is -2.07. The highest BCUT2D eigenvalue weighted by Gasteiger charge is 2.07. The van der Waals surface area contributed by atoms with Gasteiger partial charge < -0.3 is 10.5 Å². The maximum absolute atomic E-state index is 11.4. The number of anilines is 1. The topological polar surface area (TPSA) is 87.2 Å². The molecule has 0 bridgehead atoms. The summed E-state index contributed by atoms with van der Waals surface area (Å²) in [5.74, 6) is 0.517. The summed E-state index contributed by atoms with van der Waals surface area (Å²) >= 11 is 0. The van der Waals surface area contributed by atoms with Crippen LogP contribution in [0.4, 0.5) is 5.69 Å². The molecule has 0 saturated heterocycles. The number of nitrogen functional groups attached to an aromatic ring is 1. The Morgan fingerprint density at radius 1 is 1.42 bits per heavy atom. The van der Waals surface area contributed by atoms with E-state index in [9.17, 15) is 8.42 Å². The molecule has 0 atom stereocenters. The van der Waals surface area contributed by atoms with Crippen LogP contribution in [-0.4, -0.2) is 31.1 Å². The Labute approximate surface area is 111 Å². The molecule has 6 nitrogen and oxygen atoms in total. The van der Waals surface area contributed by atoms with Crippen LogP contribution in [-0.2, 0) is 16.4 Å². The van der Waals surface area contributed by atoms with Crippen molar-refractivity contribution in [1.82, 2.24) is 9.78 Å². The van der Waals surface area contributed by atoms with E-state index in [1.54, 1.807) is 29.2 Å². The van der Waals surface area contributed by atoms with Crippen LogP contribution >= 0.6 is 0 Å². The van der Waals surface area contributed by atoms with E-state index in [0.29, 0.717) is 24.6 Å². The lowest BCUT2D eigenvalue weighted by atomic mass is 10.3. The van der Waals surface area contributed by atoms with Crippen LogP contribution in [0.1, 0.15) is 0 Å². The predicted octanol–water partition coefficient (Wildman–Crippen LogP) is 0.948. The first-order valence-electron chi connectivity index (χ1n) is 5.66. The third kappa shape index (κ3) is 3.72. The van der Waals surface area contributed by atoms with Crippen molar-refractivity contribution in [2.75, 3.05) is 18.6 Å². The molecule has 1 aromatic heterocycles. The van der Waals surface area contributed by atoms with Gasteiger partial charge in [0.2, 0.25) is 0 Å². The SMILES string of the molecule is CS(=O)(=O)c1cccc(OCCn2cc(N)cn2)c1. The van der Waals surface area contributed by atoms with E-state index in [4.69, 9.17) is 10.5 Å². The van der Waals surface area contributed by atoms with E-state index in [0.717, 1.165) is 0 Å². The quantitative estimate of drug-likeness (QED) is 0.881. The summed E-state index contributed by atoms with van der Waals surface area (Å²) in [5, 5.41) is 4.02. The summed E-state index contributed by atoms with van der Waals surface area (Å²) in [6, 6.07) is 6.41. The average Bonchev–Trinajstić information content (AvgIpc) is 2.74. The lowest BCUT2D eigenvalue weighted by Crippen LogP contribution is -2.08. The minimum Gasteiger partial charge on any atom is -0.492 e. The van der Waals surface area contributed by atoms with Gasteiger partial charge in [-0.15, -0.1) is 0 Å². The zero-order chi connectivity index (χ0) is 13.9. The number of benzene rings is 1. The fourth-order valence-corrected chi connectivity index (χ4v) is 2.21. The van der Waals surface area contributed by atoms with Crippen molar-refractivity contribution in [3.05, 3.63) is 36.7 Å². The first-order valence-corrected chi connectivity index (χ1v) is 7.55. The number of rotatable bonds is 5. The maximum atomic E-state index is 11.4. The van der Waals surface area contributed by atoms with Crippen LogP contribution < -0.4 is 10.5 Å². The standard InChI is InChI=1S/C12H15N3O3S/c1-19(16,17)12-4-2-3-11(7-12)18-6-5-15-9-10(13)8-14-15/h2-4,7-9H,5-6,13H2,1H3. The van der Waals surface area contributed by atoms with E-state index in [1.807, 2.05) is 0 Å². The van der Waals surface area contributed by atoms with Gasteiger partial charge in [-0.1, -0.05) is 6.07 Å². The van der Waals surface area contributed by atoms with Crippen LogP contribution in [0.3, 0.4) is 0 Å². The molecule has 102 valence electrons. The second-order valence-corrected chi connectivity index (χ2v) is 6.15. The number of hydrogen-bond donors (Lipinski definition) is 1. The van der Waals surface area contributed by atoms with Crippen LogP contribution in [0.15, 0.2) is 41.6 Å². The number of nitrogens with zero attached hydrogens (tertiary/aromatic N) is 2. The fraction of sp³-hybridized carbons (Fsp3) is 0.250. The Morgan fingerprint density at radius 3 is 2.84 bits per heavy atom. The van der Waals surface area contributed by atoms with E-state index in [2.05, 4.69) is 5.10 Å². The molecule has 2 aromatic rings. The molecule has 0 radical (unpaired) electrons. The molecule has 0 aliphatic rings. The summed E-state index contributed by atoms with van der Waals surface area (Å²) in [6.07, 6.45) is 4.43. The number of hydrogen-bond acceptors (Lipinski definition) is 5. The summed E-state index contributed by atoms with van der Waals surface area (Å²) in [7, 11) is -3.21. The summed E-state index contributed by atoms with van der Waals surface area (Å²) in [5.41, 5.74) is 6.13. The molecule has 0 amide bonds. The first kappa shape index (κ1) is 13.4. The second-order valence-electron chi connectivity index (χ2n) is 4.13. The molecule has 0 saturated carbocycles. The molecule has 0 fully saturated rings. The minimum atomic E-state index is -3.21. The van der Waals surface area contributed by atoms with Crippen molar-refractivity contribution in [1.29, 1.82) is 0 Å². The zero-order valence-corrected chi connectivity index (χ0v) is 11.3. The summed E-state index contributed by atoms with van der Waals surface area (Å²) < 4.78 is 30.0. The Hall–Kier alpha value is -2.02. The van der Waals surface area contributed by atoms with Gasteiger partial charge in [-0.3, -0.25) is 4.68 Å². The van der Waals surface area contributed by atoms with Crippen molar-refractivity contribution in [2.24, 2.45) is 0 Å². The van der Waals surface area contributed by atoms with Gasteiger partial charge in [0.1, 0.15) is 12.4 Å². The van der Waals surface area contributed by atoms with Gasteiger partial charge in [-0.25, -0.2) is 8.42 Å². The molecule has 2 N–H and O–H groups in total. The Balaban J connectivity index is 1.96. The van der Waals surface area contributed by atoms with Gasteiger partial charge in [0.25, 0.3) is 0 Å². The van der Waals surface area contributed by atoms with Crippen molar-refractivity contribution in [3.8, 4) is 5.75 Å². The van der Waals surface area contributed by atoms with Crippen LogP contribution in [0.25, 0.3) is 0 Å². The molecule has 0 aliphatic carbocycles. The van der Waals surface area contributed by atoms with Crippen LogP contribution in [0.5, 0.6) is 5.75 Å². The van der Waals surface area contributed by atoms with Gasteiger partial charge in [-0.05, 0) is 18.2 Å². The molecule has 2 rings (SSSR count). The molecule has 1 aromatic carbocycles. The van der Waals surface area contributed by atoms with Crippen molar-refractivity contribution >= 4 is 15.5 Å². The highest BCUT2D eigenvalue weighted by atomic mass is 32.2. The zero-order valence-electron chi connectivity index (χ0n) is 10.5. The Bertz CT molecular complexity index is 664. The predicted molar refractivity (Wildman–Crippen MR) is 71.7 cm³/mol. The van der Waals surface area contributed by atoms with Crippen molar-refractivity contribution < 1.29 is 13.2 Å². The number of sulfone groups is 1. The first-order chi connectivity index (χ1) is 8.95. The van der Waals surface area contributed by atoms with E-state index < -0.39 is 9.84 Å². The molecule has 0 spiro atoms. The van der Waals surface area contributed by atoms with E-state index >= 15 is 0 Å².